The number of ether oxygens (including phenoxy) is 3. The number of rotatable bonds is 10. The third-order valence-electron chi connectivity index (χ3n) is 3.87. The largest absolute Gasteiger partial charge is 0.491 e. The Labute approximate surface area is 175 Å². The molecule has 29 heavy (non-hydrogen) atoms. The average Bonchev–Trinajstić information content (AvgIpc) is 2.71. The van der Waals surface area contributed by atoms with E-state index in [9.17, 15) is 9.59 Å². The lowest BCUT2D eigenvalue weighted by molar-refractivity contribution is -0.143. The van der Waals surface area contributed by atoms with E-state index in [1.165, 1.54) is 19.3 Å². The summed E-state index contributed by atoms with van der Waals surface area (Å²) in [6.45, 7) is 2.42. The van der Waals surface area contributed by atoms with Gasteiger partial charge in [-0.3, -0.25) is 4.79 Å². The molecule has 0 spiro atoms. The molecular formula is C22H24ClNO5. The lowest BCUT2D eigenvalue weighted by Gasteiger charge is -2.11. The summed E-state index contributed by atoms with van der Waals surface area (Å²) in [6.07, 6.45) is 3.47. The van der Waals surface area contributed by atoms with Crippen molar-refractivity contribution < 1.29 is 23.8 Å². The zero-order chi connectivity index (χ0) is 21.1. The molecule has 6 nitrogen and oxygen atoms in total. The van der Waals surface area contributed by atoms with E-state index in [1.807, 2.05) is 37.3 Å². The van der Waals surface area contributed by atoms with Crippen LogP contribution in [-0.2, 0) is 20.7 Å². The van der Waals surface area contributed by atoms with Gasteiger partial charge < -0.3 is 19.5 Å². The van der Waals surface area contributed by atoms with Crippen LogP contribution >= 0.6 is 11.6 Å². The van der Waals surface area contributed by atoms with Gasteiger partial charge in [0.1, 0.15) is 0 Å². The molecule has 0 atom stereocenters. The van der Waals surface area contributed by atoms with Crippen molar-refractivity contribution in [2.45, 2.75) is 13.3 Å². The molecule has 7 heteroatoms. The van der Waals surface area contributed by atoms with Crippen LogP contribution in [0, 0.1) is 0 Å². The smallest absolute Gasteiger partial charge is 0.331 e. The minimum Gasteiger partial charge on any atom is -0.491 e. The van der Waals surface area contributed by atoms with Crippen LogP contribution in [0.15, 0.2) is 48.5 Å². The van der Waals surface area contributed by atoms with E-state index in [4.69, 9.17) is 25.8 Å². The topological polar surface area (TPSA) is 73.9 Å². The molecule has 154 valence electrons. The first-order chi connectivity index (χ1) is 14.0. The molecule has 0 saturated heterocycles. The Hall–Kier alpha value is -2.99. The highest BCUT2D eigenvalue weighted by molar-refractivity contribution is 6.32. The SMILES string of the molecule is CCOc1cc(/C=C/C(=O)OCC(=O)NCCc2ccccc2)cc(Cl)c1OC. The number of halogens is 1. The standard InChI is InChI=1S/C22H24ClNO5/c1-3-28-19-14-17(13-18(23)22(19)27-2)9-10-21(26)29-15-20(25)24-12-11-16-7-5-4-6-8-16/h4-10,13-14H,3,11-12,15H2,1-2H3,(H,24,25)/b10-9+. The van der Waals surface area contributed by atoms with E-state index in [2.05, 4.69) is 5.32 Å². The van der Waals surface area contributed by atoms with Crippen molar-refractivity contribution in [3.05, 3.63) is 64.7 Å². The number of amides is 1. The molecule has 0 saturated carbocycles. The number of carbonyl (C=O) groups is 2. The zero-order valence-electron chi connectivity index (χ0n) is 16.4. The van der Waals surface area contributed by atoms with Gasteiger partial charge in [-0.05, 0) is 42.7 Å². The van der Waals surface area contributed by atoms with Gasteiger partial charge in [-0.1, -0.05) is 41.9 Å². The van der Waals surface area contributed by atoms with Crippen molar-refractivity contribution >= 4 is 29.6 Å². The van der Waals surface area contributed by atoms with E-state index in [0.717, 1.165) is 5.56 Å². The molecule has 2 aromatic rings. The second-order valence-corrected chi connectivity index (χ2v) is 6.40. The molecule has 0 aromatic heterocycles. The Morgan fingerprint density at radius 1 is 1.17 bits per heavy atom. The van der Waals surface area contributed by atoms with Crippen molar-refractivity contribution in [3.63, 3.8) is 0 Å². The van der Waals surface area contributed by atoms with Gasteiger partial charge >= 0.3 is 5.97 Å². The first-order valence-electron chi connectivity index (χ1n) is 9.19. The third-order valence-corrected chi connectivity index (χ3v) is 4.15. The van der Waals surface area contributed by atoms with Gasteiger partial charge in [0.2, 0.25) is 0 Å². The number of carbonyl (C=O) groups excluding carboxylic acids is 2. The van der Waals surface area contributed by atoms with Crippen LogP contribution in [0.3, 0.4) is 0 Å². The van der Waals surface area contributed by atoms with E-state index in [-0.39, 0.29) is 12.5 Å². The van der Waals surface area contributed by atoms with Gasteiger partial charge in [-0.25, -0.2) is 4.79 Å². The monoisotopic (exact) mass is 417 g/mol. The predicted molar refractivity (Wildman–Crippen MR) is 112 cm³/mol. The average molecular weight is 418 g/mol. The minimum atomic E-state index is -0.631. The Kier molecular flexibility index (Phi) is 9.05. The minimum absolute atomic E-state index is 0.342. The number of benzene rings is 2. The highest BCUT2D eigenvalue weighted by atomic mass is 35.5. The van der Waals surface area contributed by atoms with Crippen LogP contribution in [-0.4, -0.2) is 38.7 Å². The Morgan fingerprint density at radius 2 is 1.93 bits per heavy atom. The van der Waals surface area contributed by atoms with Gasteiger partial charge in [0.15, 0.2) is 18.1 Å². The number of methoxy groups -OCH3 is 1. The molecule has 0 aliphatic heterocycles. The maximum absolute atomic E-state index is 11.9. The molecule has 0 unspecified atom stereocenters. The predicted octanol–water partition coefficient (Wildman–Crippen LogP) is 3.66. The second-order valence-electron chi connectivity index (χ2n) is 5.99. The van der Waals surface area contributed by atoms with E-state index in [1.54, 1.807) is 12.1 Å². The summed E-state index contributed by atoms with van der Waals surface area (Å²) in [6, 6.07) is 13.1. The summed E-state index contributed by atoms with van der Waals surface area (Å²) >= 11 is 6.17. The van der Waals surface area contributed by atoms with Crippen LogP contribution in [0.4, 0.5) is 0 Å². The van der Waals surface area contributed by atoms with Crippen molar-refractivity contribution in [2.75, 3.05) is 26.9 Å². The fourth-order valence-corrected chi connectivity index (χ4v) is 2.83. The fraction of sp³-hybridized carbons (Fsp3) is 0.273. The lowest BCUT2D eigenvalue weighted by Crippen LogP contribution is -2.30. The summed E-state index contributed by atoms with van der Waals surface area (Å²) in [7, 11) is 1.50. The first-order valence-corrected chi connectivity index (χ1v) is 9.57. The molecule has 1 N–H and O–H groups in total. The molecule has 0 aliphatic carbocycles. The molecule has 1 amide bonds. The van der Waals surface area contributed by atoms with Crippen LogP contribution < -0.4 is 14.8 Å². The van der Waals surface area contributed by atoms with Gasteiger partial charge in [0, 0.05) is 12.6 Å². The van der Waals surface area contributed by atoms with Crippen LogP contribution in [0.1, 0.15) is 18.1 Å². The molecular weight excluding hydrogens is 394 g/mol. The molecule has 2 rings (SSSR count). The highest BCUT2D eigenvalue weighted by Crippen LogP contribution is 2.36. The maximum Gasteiger partial charge on any atom is 0.331 e. The van der Waals surface area contributed by atoms with Gasteiger partial charge in [-0.2, -0.15) is 0 Å². The van der Waals surface area contributed by atoms with Crippen molar-refractivity contribution in [1.82, 2.24) is 5.32 Å². The van der Waals surface area contributed by atoms with Crippen LogP contribution in [0.2, 0.25) is 5.02 Å². The van der Waals surface area contributed by atoms with Crippen LogP contribution in [0.5, 0.6) is 11.5 Å². The van der Waals surface area contributed by atoms with Crippen molar-refractivity contribution in [1.29, 1.82) is 0 Å². The Balaban J connectivity index is 1.81. The lowest BCUT2D eigenvalue weighted by atomic mass is 10.1. The van der Waals surface area contributed by atoms with Crippen LogP contribution in [0.25, 0.3) is 6.08 Å². The third kappa shape index (κ3) is 7.50. The number of hydrogen-bond donors (Lipinski definition) is 1. The summed E-state index contributed by atoms with van der Waals surface area (Å²) in [5.74, 6) is -0.0735. The number of esters is 1. The molecule has 0 fully saturated rings. The molecule has 0 aliphatic rings. The van der Waals surface area contributed by atoms with E-state index < -0.39 is 5.97 Å². The molecule has 0 bridgehead atoms. The summed E-state index contributed by atoms with van der Waals surface area (Å²) in [5.41, 5.74) is 1.76. The summed E-state index contributed by atoms with van der Waals surface area (Å²) in [5, 5.41) is 3.08. The van der Waals surface area contributed by atoms with Crippen molar-refractivity contribution in [3.8, 4) is 11.5 Å². The second kappa shape index (κ2) is 11.8. The first kappa shape index (κ1) is 22.3. The zero-order valence-corrected chi connectivity index (χ0v) is 17.2. The highest BCUT2D eigenvalue weighted by Gasteiger charge is 2.11. The Morgan fingerprint density at radius 3 is 2.62 bits per heavy atom. The van der Waals surface area contributed by atoms with Gasteiger partial charge in [0.05, 0.1) is 18.7 Å². The van der Waals surface area contributed by atoms with Crippen molar-refractivity contribution in [2.24, 2.45) is 0 Å². The summed E-state index contributed by atoms with van der Waals surface area (Å²) < 4.78 is 15.7. The quantitative estimate of drug-likeness (QED) is 0.471. The van der Waals surface area contributed by atoms with Gasteiger partial charge in [0.25, 0.3) is 5.91 Å². The molecule has 0 heterocycles. The Bertz CT molecular complexity index is 852. The normalized spacial score (nSPS) is 10.6. The fourth-order valence-electron chi connectivity index (χ4n) is 2.54. The number of hydrogen-bond acceptors (Lipinski definition) is 5. The van der Waals surface area contributed by atoms with E-state index >= 15 is 0 Å². The maximum atomic E-state index is 11.9. The number of nitrogens with one attached hydrogen (secondary N) is 1. The van der Waals surface area contributed by atoms with E-state index in [0.29, 0.717) is 41.7 Å². The summed E-state index contributed by atoms with van der Waals surface area (Å²) in [4.78, 5) is 23.6. The molecule has 2 aromatic carbocycles. The van der Waals surface area contributed by atoms with Gasteiger partial charge in [-0.15, -0.1) is 0 Å². The molecule has 0 radical (unpaired) electrons.